The molecule has 0 spiro atoms. The quantitative estimate of drug-likeness (QED) is 0.721. The third kappa shape index (κ3) is 3.70. The lowest BCUT2D eigenvalue weighted by atomic mass is 10.2. The van der Waals surface area contributed by atoms with E-state index in [1.54, 1.807) is 6.33 Å². The van der Waals surface area contributed by atoms with Crippen molar-refractivity contribution in [2.24, 2.45) is 5.73 Å². The third-order valence-corrected chi connectivity index (χ3v) is 4.60. The van der Waals surface area contributed by atoms with Gasteiger partial charge in [0.05, 0.1) is 19.2 Å². The van der Waals surface area contributed by atoms with Crippen molar-refractivity contribution in [2.45, 2.75) is 18.9 Å². The minimum atomic E-state index is -0.285. The summed E-state index contributed by atoms with van der Waals surface area (Å²) in [7, 11) is 0. The zero-order valence-electron chi connectivity index (χ0n) is 13.3. The van der Waals surface area contributed by atoms with Crippen molar-refractivity contribution >= 4 is 17.5 Å². The predicted octanol–water partition coefficient (Wildman–Crippen LogP) is -0.955. The highest BCUT2D eigenvalue weighted by Crippen LogP contribution is 2.26. The number of anilines is 2. The van der Waals surface area contributed by atoms with E-state index in [4.69, 9.17) is 5.73 Å². The van der Waals surface area contributed by atoms with Crippen molar-refractivity contribution < 1.29 is 9.90 Å². The van der Waals surface area contributed by atoms with Crippen LogP contribution in [0, 0.1) is 0 Å². The van der Waals surface area contributed by atoms with Crippen LogP contribution < -0.4 is 15.5 Å². The average molecular weight is 320 g/mol. The predicted molar refractivity (Wildman–Crippen MR) is 87.3 cm³/mol. The second-order valence-electron chi connectivity index (χ2n) is 6.14. The van der Waals surface area contributed by atoms with Crippen LogP contribution in [0.3, 0.4) is 0 Å². The van der Waals surface area contributed by atoms with E-state index in [-0.39, 0.29) is 18.6 Å². The molecule has 0 bridgehead atoms. The second-order valence-corrected chi connectivity index (χ2v) is 6.14. The molecule has 126 valence electrons. The minimum absolute atomic E-state index is 0.158. The Kier molecular flexibility index (Phi) is 4.92. The summed E-state index contributed by atoms with van der Waals surface area (Å²) >= 11 is 0. The molecular formula is C15H24N6O2. The molecule has 8 nitrogen and oxygen atoms in total. The van der Waals surface area contributed by atoms with E-state index in [2.05, 4.69) is 24.7 Å². The number of aliphatic hydroxyl groups excluding tert-OH is 1. The third-order valence-electron chi connectivity index (χ3n) is 4.60. The summed E-state index contributed by atoms with van der Waals surface area (Å²) in [5.74, 6) is 1.50. The summed E-state index contributed by atoms with van der Waals surface area (Å²) in [6, 6.07) is 2.16. The topological polar surface area (TPSA) is 98.8 Å². The van der Waals surface area contributed by atoms with Gasteiger partial charge in [0.2, 0.25) is 5.91 Å². The molecule has 2 fully saturated rings. The van der Waals surface area contributed by atoms with Gasteiger partial charge in [-0.1, -0.05) is 0 Å². The molecule has 3 N–H and O–H groups in total. The van der Waals surface area contributed by atoms with Gasteiger partial charge in [-0.2, -0.15) is 0 Å². The Morgan fingerprint density at radius 1 is 1.22 bits per heavy atom. The lowest BCUT2D eigenvalue weighted by Gasteiger charge is -2.35. The number of rotatable bonds is 5. The summed E-state index contributed by atoms with van der Waals surface area (Å²) < 4.78 is 0. The van der Waals surface area contributed by atoms with Crippen molar-refractivity contribution in [2.75, 3.05) is 55.7 Å². The van der Waals surface area contributed by atoms with Gasteiger partial charge in [-0.25, -0.2) is 9.97 Å². The summed E-state index contributed by atoms with van der Waals surface area (Å²) in [5, 5.41) is 9.48. The van der Waals surface area contributed by atoms with E-state index >= 15 is 0 Å². The number of hydrogen-bond acceptors (Lipinski definition) is 7. The molecule has 1 atom stereocenters. The van der Waals surface area contributed by atoms with E-state index in [0.29, 0.717) is 6.54 Å². The highest BCUT2D eigenvalue weighted by Gasteiger charge is 2.26. The zero-order chi connectivity index (χ0) is 16.2. The van der Waals surface area contributed by atoms with Gasteiger partial charge in [0.1, 0.15) is 18.0 Å². The van der Waals surface area contributed by atoms with Crippen LogP contribution in [-0.2, 0) is 4.79 Å². The van der Waals surface area contributed by atoms with E-state index in [9.17, 15) is 9.90 Å². The fourth-order valence-corrected chi connectivity index (χ4v) is 3.35. The van der Waals surface area contributed by atoms with Gasteiger partial charge in [0, 0.05) is 38.8 Å². The lowest BCUT2D eigenvalue weighted by Crippen LogP contribution is -2.49. The molecule has 8 heteroatoms. The fraction of sp³-hybridized carbons (Fsp3) is 0.667. The monoisotopic (exact) mass is 320 g/mol. The molecule has 2 aliphatic heterocycles. The molecule has 0 aromatic carbocycles. The number of piperazine rings is 1. The molecule has 1 aromatic rings. The van der Waals surface area contributed by atoms with Crippen LogP contribution in [0.25, 0.3) is 0 Å². The Labute approximate surface area is 135 Å². The van der Waals surface area contributed by atoms with Crippen LogP contribution in [0.2, 0.25) is 0 Å². The van der Waals surface area contributed by atoms with E-state index < -0.39 is 0 Å². The molecule has 0 saturated carbocycles. The number of aromatic nitrogens is 2. The van der Waals surface area contributed by atoms with Gasteiger partial charge < -0.3 is 20.6 Å². The summed E-state index contributed by atoms with van der Waals surface area (Å²) in [4.78, 5) is 26.2. The van der Waals surface area contributed by atoms with E-state index in [0.717, 1.165) is 57.2 Å². The van der Waals surface area contributed by atoms with Crippen molar-refractivity contribution in [1.29, 1.82) is 0 Å². The Hall–Kier alpha value is -1.93. The summed E-state index contributed by atoms with van der Waals surface area (Å²) in [6.07, 6.45) is 3.67. The van der Waals surface area contributed by atoms with E-state index in [1.807, 2.05) is 6.07 Å². The van der Waals surface area contributed by atoms with Crippen molar-refractivity contribution in [1.82, 2.24) is 14.9 Å². The molecule has 2 saturated heterocycles. The minimum Gasteiger partial charge on any atom is -0.394 e. The fourth-order valence-electron chi connectivity index (χ4n) is 3.35. The van der Waals surface area contributed by atoms with Crippen LogP contribution in [0.5, 0.6) is 0 Å². The van der Waals surface area contributed by atoms with Crippen LogP contribution in [0.4, 0.5) is 11.6 Å². The Morgan fingerprint density at radius 2 is 1.96 bits per heavy atom. The van der Waals surface area contributed by atoms with Crippen LogP contribution >= 0.6 is 0 Å². The maximum Gasteiger partial charge on any atom is 0.231 e. The second kappa shape index (κ2) is 7.10. The number of nitrogens with zero attached hydrogens (tertiary/aromatic N) is 5. The van der Waals surface area contributed by atoms with Gasteiger partial charge >= 0.3 is 0 Å². The van der Waals surface area contributed by atoms with Crippen molar-refractivity contribution in [3.63, 3.8) is 0 Å². The molecule has 1 amide bonds. The lowest BCUT2D eigenvalue weighted by molar-refractivity contribution is -0.119. The normalized spacial score (nSPS) is 22.6. The van der Waals surface area contributed by atoms with Crippen LogP contribution in [-0.4, -0.2) is 77.8 Å². The number of carbonyl (C=O) groups excluding carboxylic acids is 1. The van der Waals surface area contributed by atoms with Gasteiger partial charge in [0.25, 0.3) is 0 Å². The molecule has 3 heterocycles. The summed E-state index contributed by atoms with van der Waals surface area (Å²) in [6.45, 7) is 4.62. The molecule has 1 aromatic heterocycles. The first kappa shape index (κ1) is 15.9. The molecule has 23 heavy (non-hydrogen) atoms. The first-order valence-corrected chi connectivity index (χ1v) is 8.12. The maximum absolute atomic E-state index is 11.0. The molecule has 3 rings (SSSR count). The Bertz CT molecular complexity index is 547. The van der Waals surface area contributed by atoms with Crippen LogP contribution in [0.1, 0.15) is 12.8 Å². The number of carbonyl (C=O) groups is 1. The molecule has 0 radical (unpaired) electrons. The van der Waals surface area contributed by atoms with Gasteiger partial charge in [-0.05, 0) is 12.8 Å². The number of nitrogens with two attached hydrogens (primary N) is 1. The first-order valence-electron chi connectivity index (χ1n) is 8.12. The van der Waals surface area contributed by atoms with Gasteiger partial charge in [0.15, 0.2) is 0 Å². The smallest absolute Gasteiger partial charge is 0.231 e. The maximum atomic E-state index is 11.0. The SMILES string of the molecule is NC(=O)CN1CCN(c2cc(N3CCCC3CO)ncn2)CC1. The highest BCUT2D eigenvalue weighted by molar-refractivity contribution is 5.75. The Balaban J connectivity index is 1.65. The number of hydrogen-bond donors (Lipinski definition) is 2. The van der Waals surface area contributed by atoms with Crippen LogP contribution in [0.15, 0.2) is 12.4 Å². The average Bonchev–Trinajstić information content (AvgIpc) is 3.04. The van der Waals surface area contributed by atoms with Crippen molar-refractivity contribution in [3.8, 4) is 0 Å². The summed E-state index contributed by atoms with van der Waals surface area (Å²) in [5.41, 5.74) is 5.24. The van der Waals surface area contributed by atoms with E-state index in [1.165, 1.54) is 0 Å². The number of aliphatic hydroxyl groups is 1. The molecule has 2 aliphatic rings. The largest absolute Gasteiger partial charge is 0.394 e. The number of amides is 1. The standard InChI is InChI=1S/C15H24N6O2/c16-13(23)9-19-4-6-20(7-5-19)14-8-15(18-11-17-14)21-3-1-2-12(21)10-22/h8,11-12,22H,1-7,9-10H2,(H2,16,23). The number of primary amides is 1. The molecule has 1 unspecified atom stereocenters. The molecular weight excluding hydrogens is 296 g/mol. The van der Waals surface area contributed by atoms with Gasteiger partial charge in [-0.3, -0.25) is 9.69 Å². The first-order chi connectivity index (χ1) is 11.2. The highest BCUT2D eigenvalue weighted by atomic mass is 16.3. The van der Waals surface area contributed by atoms with Crippen molar-refractivity contribution in [3.05, 3.63) is 12.4 Å². The zero-order valence-corrected chi connectivity index (χ0v) is 13.3. The van der Waals surface area contributed by atoms with Gasteiger partial charge in [-0.15, -0.1) is 0 Å². The Morgan fingerprint density at radius 3 is 2.65 bits per heavy atom. The molecule has 0 aliphatic carbocycles.